The van der Waals surface area contributed by atoms with Gasteiger partial charge in [-0.3, -0.25) is 9.59 Å². The molecule has 3 rings (SSSR count). The Morgan fingerprint density at radius 3 is 2.60 bits per heavy atom. The monoisotopic (exact) mass is 354 g/mol. The van der Waals surface area contributed by atoms with Gasteiger partial charge >= 0.3 is 0 Å². The molecule has 1 saturated carbocycles. The number of hydrogen-bond donors (Lipinski definition) is 1. The van der Waals surface area contributed by atoms with E-state index in [1.165, 1.54) is 0 Å². The van der Waals surface area contributed by atoms with Crippen LogP contribution in [-0.2, 0) is 15.1 Å². The van der Waals surface area contributed by atoms with Gasteiger partial charge in [0.25, 0.3) is 0 Å². The van der Waals surface area contributed by atoms with Crippen molar-refractivity contribution in [2.45, 2.75) is 18.4 Å². The van der Waals surface area contributed by atoms with Gasteiger partial charge in [0.2, 0.25) is 11.8 Å². The van der Waals surface area contributed by atoms with E-state index in [9.17, 15) is 9.59 Å². The molecule has 2 fully saturated rings. The molecular weight excluding hydrogens is 340 g/mol. The Morgan fingerprint density at radius 2 is 2.05 bits per heavy atom. The molecule has 106 valence electrons. The third-order valence-electron chi connectivity index (χ3n) is 3.69. The first-order valence-corrected chi connectivity index (χ1v) is 8.46. The van der Waals surface area contributed by atoms with Gasteiger partial charge in [-0.05, 0) is 30.5 Å². The van der Waals surface area contributed by atoms with Crippen LogP contribution in [0.25, 0.3) is 0 Å². The van der Waals surface area contributed by atoms with Gasteiger partial charge < -0.3 is 10.2 Å². The first-order valence-electron chi connectivity index (χ1n) is 6.52. The fourth-order valence-corrected chi connectivity index (χ4v) is 3.57. The molecule has 0 unspecified atom stereocenters. The van der Waals surface area contributed by atoms with Crippen molar-refractivity contribution in [3.8, 4) is 0 Å². The summed E-state index contributed by atoms with van der Waals surface area (Å²) in [7, 11) is 0. The molecule has 0 spiro atoms. The van der Waals surface area contributed by atoms with E-state index in [2.05, 4.69) is 21.2 Å². The van der Waals surface area contributed by atoms with Crippen molar-refractivity contribution in [1.29, 1.82) is 0 Å². The smallest absolute Gasteiger partial charge is 0.240 e. The topological polar surface area (TPSA) is 49.4 Å². The van der Waals surface area contributed by atoms with Crippen LogP contribution < -0.4 is 5.32 Å². The number of nitrogens with one attached hydrogen (secondary N) is 1. The zero-order chi connectivity index (χ0) is 14.2. The lowest BCUT2D eigenvalue weighted by atomic mass is 10.1. The molecule has 0 radical (unpaired) electrons. The van der Waals surface area contributed by atoms with Gasteiger partial charge in [-0.2, -0.15) is 0 Å². The number of carbonyl (C=O) groups is 2. The fraction of sp³-hybridized carbons (Fsp3) is 0.429. The van der Waals surface area contributed by atoms with E-state index >= 15 is 0 Å². The number of halogens is 1. The predicted octanol–water partition coefficient (Wildman–Crippen LogP) is 2.09. The van der Waals surface area contributed by atoms with Crippen LogP contribution in [-0.4, -0.2) is 34.9 Å². The van der Waals surface area contributed by atoms with Crippen molar-refractivity contribution < 1.29 is 9.59 Å². The first kappa shape index (κ1) is 13.9. The zero-order valence-corrected chi connectivity index (χ0v) is 13.3. The second kappa shape index (κ2) is 5.41. The summed E-state index contributed by atoms with van der Waals surface area (Å²) in [5.74, 6) is 1.10. The largest absolute Gasteiger partial charge is 0.345 e. The summed E-state index contributed by atoms with van der Waals surface area (Å²) in [4.78, 5) is 25.2. The van der Waals surface area contributed by atoms with Gasteiger partial charge in [-0.25, -0.2) is 0 Å². The maximum absolute atomic E-state index is 12.1. The van der Waals surface area contributed by atoms with Gasteiger partial charge in [-0.15, -0.1) is 11.8 Å². The van der Waals surface area contributed by atoms with Crippen molar-refractivity contribution in [3.05, 3.63) is 34.3 Å². The van der Waals surface area contributed by atoms with Gasteiger partial charge in [0.15, 0.2) is 0 Å². The molecule has 0 atom stereocenters. The van der Waals surface area contributed by atoms with E-state index in [0.717, 1.165) is 22.9 Å². The van der Waals surface area contributed by atoms with Crippen molar-refractivity contribution in [3.63, 3.8) is 0 Å². The molecule has 1 aromatic rings. The Balaban J connectivity index is 1.63. The minimum Gasteiger partial charge on any atom is -0.345 e. The highest BCUT2D eigenvalue weighted by molar-refractivity contribution is 9.10. The SMILES string of the molecule is O=C(CN1CSCC1=O)NC1(c2ccc(Br)cc2)CC1. The second-order valence-corrected chi connectivity index (χ2v) is 7.08. The van der Waals surface area contributed by atoms with Crippen molar-refractivity contribution in [2.75, 3.05) is 18.2 Å². The molecule has 1 N–H and O–H groups in total. The van der Waals surface area contributed by atoms with E-state index in [1.54, 1.807) is 16.7 Å². The van der Waals surface area contributed by atoms with Crippen LogP contribution >= 0.6 is 27.7 Å². The van der Waals surface area contributed by atoms with Crippen LogP contribution in [0.15, 0.2) is 28.7 Å². The summed E-state index contributed by atoms with van der Waals surface area (Å²) in [6.45, 7) is 0.171. The Labute approximate surface area is 130 Å². The highest BCUT2D eigenvalue weighted by Crippen LogP contribution is 2.45. The zero-order valence-electron chi connectivity index (χ0n) is 10.9. The lowest BCUT2D eigenvalue weighted by Gasteiger charge is -2.20. The third-order valence-corrected chi connectivity index (χ3v) is 5.16. The maximum Gasteiger partial charge on any atom is 0.240 e. The Hall–Kier alpha value is -1.01. The molecule has 2 aliphatic rings. The summed E-state index contributed by atoms with van der Waals surface area (Å²) in [5.41, 5.74) is 0.921. The van der Waals surface area contributed by atoms with Crippen LogP contribution in [0, 0.1) is 0 Å². The fourth-order valence-electron chi connectivity index (χ4n) is 2.40. The van der Waals surface area contributed by atoms with Crippen LogP contribution in [0.3, 0.4) is 0 Å². The summed E-state index contributed by atoms with van der Waals surface area (Å²) >= 11 is 4.97. The average Bonchev–Trinajstić information content (AvgIpc) is 3.08. The van der Waals surface area contributed by atoms with Crippen molar-refractivity contribution in [2.24, 2.45) is 0 Å². The van der Waals surface area contributed by atoms with Crippen LogP contribution in [0.2, 0.25) is 0 Å². The molecule has 6 heteroatoms. The standard InChI is InChI=1S/C14H15BrN2O2S/c15-11-3-1-10(2-4-11)14(5-6-14)16-12(18)7-17-9-20-8-13(17)19/h1-4H,5-9H2,(H,16,18). The van der Waals surface area contributed by atoms with E-state index in [-0.39, 0.29) is 23.9 Å². The summed E-state index contributed by atoms with van der Waals surface area (Å²) in [6.07, 6.45) is 1.92. The van der Waals surface area contributed by atoms with Gasteiger partial charge in [-0.1, -0.05) is 28.1 Å². The summed E-state index contributed by atoms with van der Waals surface area (Å²) < 4.78 is 1.03. The van der Waals surface area contributed by atoms with E-state index in [0.29, 0.717) is 11.6 Å². The summed E-state index contributed by atoms with van der Waals surface area (Å²) in [5, 5.41) is 3.09. The first-order chi connectivity index (χ1) is 9.59. The van der Waals surface area contributed by atoms with Crippen LogP contribution in [0.4, 0.5) is 0 Å². The lowest BCUT2D eigenvalue weighted by Crippen LogP contribution is -2.42. The number of thioether (sulfide) groups is 1. The van der Waals surface area contributed by atoms with Crippen molar-refractivity contribution >= 4 is 39.5 Å². The molecular formula is C14H15BrN2O2S. The minimum atomic E-state index is -0.215. The third kappa shape index (κ3) is 2.86. The minimum absolute atomic E-state index is 0.0543. The highest BCUT2D eigenvalue weighted by atomic mass is 79.9. The number of nitrogens with zero attached hydrogens (tertiary/aromatic N) is 1. The number of hydrogen-bond acceptors (Lipinski definition) is 3. The molecule has 20 heavy (non-hydrogen) atoms. The van der Waals surface area contributed by atoms with Gasteiger partial charge in [0, 0.05) is 4.47 Å². The quantitative estimate of drug-likeness (QED) is 0.900. The molecule has 1 saturated heterocycles. The molecule has 0 bridgehead atoms. The highest BCUT2D eigenvalue weighted by Gasteiger charge is 2.45. The lowest BCUT2D eigenvalue weighted by molar-refractivity contribution is -0.132. The van der Waals surface area contributed by atoms with Crippen LogP contribution in [0.5, 0.6) is 0 Å². The van der Waals surface area contributed by atoms with Crippen LogP contribution in [0.1, 0.15) is 18.4 Å². The van der Waals surface area contributed by atoms with E-state index < -0.39 is 0 Å². The van der Waals surface area contributed by atoms with E-state index in [4.69, 9.17) is 0 Å². The normalized spacial score (nSPS) is 20.1. The molecule has 0 aromatic heterocycles. The predicted molar refractivity (Wildman–Crippen MR) is 82.2 cm³/mol. The second-order valence-electron chi connectivity index (χ2n) is 5.21. The Kier molecular flexibility index (Phi) is 3.77. The van der Waals surface area contributed by atoms with Gasteiger partial charge in [0.05, 0.1) is 17.2 Å². The maximum atomic E-state index is 12.1. The molecule has 1 heterocycles. The molecule has 1 aliphatic heterocycles. The molecule has 1 aromatic carbocycles. The van der Waals surface area contributed by atoms with Crippen molar-refractivity contribution in [1.82, 2.24) is 10.2 Å². The average molecular weight is 355 g/mol. The van der Waals surface area contributed by atoms with E-state index in [1.807, 2.05) is 24.3 Å². The molecule has 1 aliphatic carbocycles. The summed E-state index contributed by atoms with van der Waals surface area (Å²) in [6, 6.07) is 8.05. The Morgan fingerprint density at radius 1 is 1.35 bits per heavy atom. The number of carbonyl (C=O) groups excluding carboxylic acids is 2. The number of benzene rings is 1. The number of amides is 2. The van der Waals surface area contributed by atoms with Gasteiger partial charge in [0.1, 0.15) is 6.54 Å². The molecule has 4 nitrogen and oxygen atoms in total. The number of rotatable bonds is 4. The Bertz CT molecular complexity index is 543. The molecule has 2 amide bonds.